The van der Waals surface area contributed by atoms with Crippen LogP contribution in [0.4, 0.5) is 4.79 Å². The standard InChI is InChI=1S/C14H25NO4/c1-13(2)15(12(16)17)11(10-19-13)6-9-14(18-3)7-4-5-8-14/h11H,4-10H2,1-3H3,(H,16,17). The predicted molar refractivity (Wildman–Crippen MR) is 71.1 cm³/mol. The van der Waals surface area contributed by atoms with Crippen molar-refractivity contribution in [1.82, 2.24) is 4.90 Å². The molecule has 2 fully saturated rings. The third-order valence-corrected chi connectivity index (χ3v) is 4.66. The third-order valence-electron chi connectivity index (χ3n) is 4.66. The van der Waals surface area contributed by atoms with E-state index in [0.29, 0.717) is 6.61 Å². The monoisotopic (exact) mass is 271 g/mol. The largest absolute Gasteiger partial charge is 0.465 e. The highest BCUT2D eigenvalue weighted by atomic mass is 16.5. The van der Waals surface area contributed by atoms with Gasteiger partial charge in [0, 0.05) is 7.11 Å². The number of nitrogens with zero attached hydrogens (tertiary/aromatic N) is 1. The second kappa shape index (κ2) is 5.29. The molecule has 5 nitrogen and oxygen atoms in total. The van der Waals surface area contributed by atoms with Crippen molar-refractivity contribution in [1.29, 1.82) is 0 Å². The summed E-state index contributed by atoms with van der Waals surface area (Å²) in [7, 11) is 1.77. The Bertz CT molecular complexity index is 336. The van der Waals surface area contributed by atoms with Gasteiger partial charge in [-0.2, -0.15) is 0 Å². The summed E-state index contributed by atoms with van der Waals surface area (Å²) in [6.07, 6.45) is 5.43. The summed E-state index contributed by atoms with van der Waals surface area (Å²) >= 11 is 0. The average Bonchev–Trinajstić information content (AvgIpc) is 2.91. The quantitative estimate of drug-likeness (QED) is 0.854. The lowest BCUT2D eigenvalue weighted by Crippen LogP contribution is -2.47. The molecule has 0 spiro atoms. The molecule has 0 radical (unpaired) electrons. The third kappa shape index (κ3) is 2.87. The van der Waals surface area contributed by atoms with Crippen LogP contribution in [0.1, 0.15) is 52.4 Å². The highest BCUT2D eigenvalue weighted by Gasteiger charge is 2.45. The van der Waals surface area contributed by atoms with Crippen molar-refractivity contribution in [3.8, 4) is 0 Å². The summed E-state index contributed by atoms with van der Waals surface area (Å²) in [5.41, 5.74) is -0.747. The van der Waals surface area contributed by atoms with Gasteiger partial charge in [0.2, 0.25) is 0 Å². The molecule has 0 bridgehead atoms. The van der Waals surface area contributed by atoms with Gasteiger partial charge in [0.1, 0.15) is 5.72 Å². The number of hydrogen-bond acceptors (Lipinski definition) is 3. The Labute approximate surface area is 114 Å². The van der Waals surface area contributed by atoms with E-state index < -0.39 is 11.8 Å². The molecule has 1 amide bonds. The zero-order chi connectivity index (χ0) is 14.1. The first kappa shape index (κ1) is 14.6. The molecule has 19 heavy (non-hydrogen) atoms. The maximum atomic E-state index is 11.4. The van der Waals surface area contributed by atoms with E-state index in [1.807, 2.05) is 13.8 Å². The summed E-state index contributed by atoms with van der Waals surface area (Å²) in [5.74, 6) is 0. The molecule has 1 saturated carbocycles. The van der Waals surface area contributed by atoms with Gasteiger partial charge in [-0.3, -0.25) is 4.90 Å². The summed E-state index contributed by atoms with van der Waals surface area (Å²) in [4.78, 5) is 12.8. The number of carbonyl (C=O) groups is 1. The van der Waals surface area contributed by atoms with Crippen molar-refractivity contribution in [2.45, 2.75) is 69.7 Å². The molecule has 2 rings (SSSR count). The minimum Gasteiger partial charge on any atom is -0.465 e. The fraction of sp³-hybridized carbons (Fsp3) is 0.929. The fourth-order valence-electron chi connectivity index (χ4n) is 3.49. The molecule has 2 aliphatic rings. The Morgan fingerprint density at radius 3 is 2.58 bits per heavy atom. The van der Waals surface area contributed by atoms with Gasteiger partial charge in [0.25, 0.3) is 0 Å². The van der Waals surface area contributed by atoms with Crippen molar-refractivity contribution >= 4 is 6.09 Å². The minimum atomic E-state index is -0.898. The maximum Gasteiger partial charge on any atom is 0.409 e. The summed E-state index contributed by atoms with van der Waals surface area (Å²) < 4.78 is 11.3. The second-order valence-corrected chi connectivity index (χ2v) is 6.20. The van der Waals surface area contributed by atoms with Crippen LogP contribution < -0.4 is 0 Å². The molecule has 0 aromatic rings. The molecule has 5 heteroatoms. The lowest BCUT2D eigenvalue weighted by Gasteiger charge is -2.33. The Kier molecular flexibility index (Phi) is 4.06. The Hall–Kier alpha value is -0.810. The highest BCUT2D eigenvalue weighted by Crippen LogP contribution is 2.38. The van der Waals surface area contributed by atoms with E-state index in [1.165, 1.54) is 17.7 Å². The van der Waals surface area contributed by atoms with Crippen LogP contribution in [0.5, 0.6) is 0 Å². The van der Waals surface area contributed by atoms with Gasteiger partial charge in [-0.05, 0) is 39.5 Å². The summed E-state index contributed by atoms with van der Waals surface area (Å²) in [6.45, 7) is 4.10. The van der Waals surface area contributed by atoms with Gasteiger partial charge in [-0.25, -0.2) is 4.79 Å². The van der Waals surface area contributed by atoms with Crippen LogP contribution in [-0.4, -0.2) is 47.2 Å². The SMILES string of the molecule is COC1(CCC2COC(C)(C)N2C(=O)O)CCCC1. The molecule has 1 heterocycles. The van der Waals surface area contributed by atoms with Crippen LogP contribution in [-0.2, 0) is 9.47 Å². The van der Waals surface area contributed by atoms with Gasteiger partial charge in [-0.15, -0.1) is 0 Å². The molecule has 1 saturated heterocycles. The zero-order valence-corrected chi connectivity index (χ0v) is 12.1. The number of carboxylic acid groups (broad SMARTS) is 1. The number of ether oxygens (including phenoxy) is 2. The second-order valence-electron chi connectivity index (χ2n) is 6.20. The number of amides is 1. The number of rotatable bonds is 4. The van der Waals surface area contributed by atoms with Crippen LogP contribution in [0, 0.1) is 0 Å². The number of methoxy groups -OCH3 is 1. The van der Waals surface area contributed by atoms with Gasteiger partial charge in [0.05, 0.1) is 18.2 Å². The van der Waals surface area contributed by atoms with Crippen LogP contribution in [0.25, 0.3) is 0 Å². The first-order valence-electron chi connectivity index (χ1n) is 7.12. The Morgan fingerprint density at radius 2 is 2.05 bits per heavy atom. The molecule has 0 aromatic heterocycles. The van der Waals surface area contributed by atoms with Gasteiger partial charge >= 0.3 is 6.09 Å². The van der Waals surface area contributed by atoms with E-state index in [2.05, 4.69) is 0 Å². The van der Waals surface area contributed by atoms with E-state index in [4.69, 9.17) is 9.47 Å². The van der Waals surface area contributed by atoms with Crippen molar-refractivity contribution in [3.05, 3.63) is 0 Å². The van der Waals surface area contributed by atoms with Crippen molar-refractivity contribution < 1.29 is 19.4 Å². The maximum absolute atomic E-state index is 11.4. The molecule has 1 aliphatic carbocycles. The van der Waals surface area contributed by atoms with E-state index in [1.54, 1.807) is 7.11 Å². The van der Waals surface area contributed by atoms with Crippen molar-refractivity contribution in [3.63, 3.8) is 0 Å². The van der Waals surface area contributed by atoms with Crippen LogP contribution in [0.2, 0.25) is 0 Å². The molecule has 1 unspecified atom stereocenters. The number of hydrogen-bond donors (Lipinski definition) is 1. The normalized spacial score (nSPS) is 28.8. The van der Waals surface area contributed by atoms with E-state index >= 15 is 0 Å². The average molecular weight is 271 g/mol. The molecule has 0 aromatic carbocycles. The first-order chi connectivity index (χ1) is 8.90. The molecule has 1 aliphatic heterocycles. The first-order valence-corrected chi connectivity index (χ1v) is 7.12. The van der Waals surface area contributed by atoms with E-state index in [-0.39, 0.29) is 11.6 Å². The lowest BCUT2D eigenvalue weighted by molar-refractivity contribution is -0.0445. The van der Waals surface area contributed by atoms with Crippen LogP contribution >= 0.6 is 0 Å². The Morgan fingerprint density at radius 1 is 1.42 bits per heavy atom. The van der Waals surface area contributed by atoms with Gasteiger partial charge in [-0.1, -0.05) is 12.8 Å². The summed E-state index contributed by atoms with van der Waals surface area (Å²) in [5, 5.41) is 9.35. The lowest BCUT2D eigenvalue weighted by atomic mass is 9.93. The topological polar surface area (TPSA) is 59.0 Å². The van der Waals surface area contributed by atoms with Crippen molar-refractivity contribution in [2.75, 3.05) is 13.7 Å². The van der Waals surface area contributed by atoms with Crippen LogP contribution in [0.3, 0.4) is 0 Å². The molecule has 110 valence electrons. The smallest absolute Gasteiger partial charge is 0.409 e. The Balaban J connectivity index is 1.97. The van der Waals surface area contributed by atoms with E-state index in [9.17, 15) is 9.90 Å². The molecular formula is C14H25NO4. The predicted octanol–water partition coefficient (Wildman–Crippen LogP) is 2.84. The highest BCUT2D eigenvalue weighted by molar-refractivity contribution is 5.66. The molecular weight excluding hydrogens is 246 g/mol. The molecule has 1 N–H and O–H groups in total. The van der Waals surface area contributed by atoms with Gasteiger partial charge < -0.3 is 14.6 Å². The fourth-order valence-corrected chi connectivity index (χ4v) is 3.49. The van der Waals surface area contributed by atoms with Crippen molar-refractivity contribution in [2.24, 2.45) is 0 Å². The van der Waals surface area contributed by atoms with Crippen LogP contribution in [0.15, 0.2) is 0 Å². The van der Waals surface area contributed by atoms with E-state index in [0.717, 1.165) is 25.7 Å². The summed E-state index contributed by atoms with van der Waals surface area (Å²) in [6, 6.07) is -0.0554. The van der Waals surface area contributed by atoms with Gasteiger partial charge in [0.15, 0.2) is 0 Å². The zero-order valence-electron chi connectivity index (χ0n) is 12.1. The molecule has 1 atom stereocenters. The minimum absolute atomic E-state index is 0.0308.